The van der Waals surface area contributed by atoms with Gasteiger partial charge in [-0.15, -0.1) is 11.8 Å². The molecule has 2 fully saturated rings. The van der Waals surface area contributed by atoms with E-state index < -0.39 is 23.4 Å². The molecule has 8 heteroatoms. The maximum Gasteiger partial charge on any atom is 0.352 e. The van der Waals surface area contributed by atoms with Crippen molar-refractivity contribution in [3.63, 3.8) is 0 Å². The van der Waals surface area contributed by atoms with Crippen LogP contribution in [0.4, 0.5) is 0 Å². The van der Waals surface area contributed by atoms with E-state index in [4.69, 9.17) is 5.73 Å². The van der Waals surface area contributed by atoms with Crippen molar-refractivity contribution >= 4 is 29.5 Å². The quantitative estimate of drug-likeness (QED) is 0.620. The highest BCUT2D eigenvalue weighted by Crippen LogP contribution is 2.41. The Bertz CT molecular complexity index is 822. The Morgan fingerprint density at radius 2 is 2.00 bits per heavy atom. The molecule has 0 unspecified atom stereocenters. The van der Waals surface area contributed by atoms with E-state index in [1.807, 2.05) is 30.3 Å². The van der Waals surface area contributed by atoms with Crippen molar-refractivity contribution in [1.82, 2.24) is 10.2 Å². The van der Waals surface area contributed by atoms with Gasteiger partial charge in [0.1, 0.15) is 17.1 Å². The van der Waals surface area contributed by atoms with Gasteiger partial charge in [-0.1, -0.05) is 30.3 Å². The summed E-state index contributed by atoms with van der Waals surface area (Å²) in [4.78, 5) is 38.0. The molecular weight excluding hydrogens is 366 g/mol. The highest BCUT2D eigenvalue weighted by atomic mass is 32.2. The molecule has 4 N–H and O–H groups in total. The van der Waals surface area contributed by atoms with Crippen molar-refractivity contribution in [1.29, 1.82) is 0 Å². The molecule has 0 spiro atoms. The van der Waals surface area contributed by atoms with E-state index in [9.17, 15) is 19.5 Å². The van der Waals surface area contributed by atoms with Crippen LogP contribution in [-0.2, 0) is 20.8 Å². The van der Waals surface area contributed by atoms with E-state index in [0.29, 0.717) is 17.7 Å². The number of carbonyl (C=O) groups is 3. The predicted octanol–water partition coefficient (Wildman–Crippen LogP) is 0.705. The highest BCUT2D eigenvalue weighted by molar-refractivity contribution is 8.00. The summed E-state index contributed by atoms with van der Waals surface area (Å²) in [5.41, 5.74) is 7.65. The lowest BCUT2D eigenvalue weighted by atomic mass is 9.98. The fourth-order valence-electron chi connectivity index (χ4n) is 3.58. The van der Waals surface area contributed by atoms with Crippen LogP contribution in [0.5, 0.6) is 0 Å². The monoisotopic (exact) mass is 387 g/mol. The lowest BCUT2D eigenvalue weighted by molar-refractivity contribution is -0.150. The average Bonchev–Trinajstić information content (AvgIpc) is 3.50. The number of hydrogen-bond donors (Lipinski definition) is 3. The minimum atomic E-state index is -1.11. The second kappa shape index (κ2) is 7.01. The van der Waals surface area contributed by atoms with Crippen molar-refractivity contribution in [2.75, 3.05) is 5.75 Å². The Labute approximate surface area is 161 Å². The third-order valence-electron chi connectivity index (χ3n) is 5.24. The summed E-state index contributed by atoms with van der Waals surface area (Å²) in [6.07, 6.45) is 2.36. The first-order valence-electron chi connectivity index (χ1n) is 8.97. The number of hydrogen-bond acceptors (Lipinski definition) is 5. The normalized spacial score (nSPS) is 25.5. The van der Waals surface area contributed by atoms with Crippen LogP contribution in [0.25, 0.3) is 0 Å². The van der Waals surface area contributed by atoms with Crippen LogP contribution in [0.2, 0.25) is 0 Å². The van der Waals surface area contributed by atoms with Gasteiger partial charge in [0, 0.05) is 5.75 Å². The van der Waals surface area contributed by atoms with Gasteiger partial charge in [0.15, 0.2) is 0 Å². The van der Waals surface area contributed by atoms with Crippen LogP contribution < -0.4 is 11.1 Å². The molecule has 0 bridgehead atoms. The van der Waals surface area contributed by atoms with Gasteiger partial charge in [0.05, 0.1) is 6.04 Å². The van der Waals surface area contributed by atoms with Crippen molar-refractivity contribution in [2.45, 2.75) is 36.7 Å². The number of carboxylic acid groups (broad SMARTS) is 1. The molecule has 1 aromatic carbocycles. The van der Waals surface area contributed by atoms with Gasteiger partial charge >= 0.3 is 5.97 Å². The predicted molar refractivity (Wildman–Crippen MR) is 101 cm³/mol. The van der Waals surface area contributed by atoms with Crippen LogP contribution in [0.3, 0.4) is 0 Å². The Balaban J connectivity index is 1.51. The standard InChI is InChI=1S/C19H21N3O4S/c20-13(11-6-7-11)16(23)21-14-17(24)22-15(19(25)26)12(9-27-18(14)22)8-10-4-2-1-3-5-10/h1-5,11,13-14,18H,6-9,20H2,(H,21,23)(H,25,26)/t13-,14-,18-/m1/s1. The van der Waals surface area contributed by atoms with Crippen molar-refractivity contribution in [2.24, 2.45) is 11.7 Å². The molecule has 1 aliphatic carbocycles. The molecule has 3 atom stereocenters. The summed E-state index contributed by atoms with van der Waals surface area (Å²) in [6, 6.07) is 8.27. The third-order valence-corrected chi connectivity index (χ3v) is 6.58. The van der Waals surface area contributed by atoms with Crippen LogP contribution >= 0.6 is 11.8 Å². The number of aliphatic carboxylic acids is 1. The maximum absolute atomic E-state index is 12.6. The molecule has 27 heavy (non-hydrogen) atoms. The van der Waals surface area contributed by atoms with Crippen LogP contribution in [-0.4, -0.2) is 51.0 Å². The Hall–Kier alpha value is -2.32. The second-order valence-corrected chi connectivity index (χ2v) is 8.28. The molecule has 2 aliphatic heterocycles. The molecule has 3 aliphatic rings. The van der Waals surface area contributed by atoms with Gasteiger partial charge in [-0.3, -0.25) is 14.5 Å². The molecule has 1 saturated carbocycles. The fraction of sp³-hybridized carbons (Fsp3) is 0.421. The average molecular weight is 387 g/mol. The number of benzene rings is 1. The molecule has 7 nitrogen and oxygen atoms in total. The molecular formula is C19H21N3O4S. The Morgan fingerprint density at radius 1 is 1.30 bits per heavy atom. The molecule has 142 valence electrons. The van der Waals surface area contributed by atoms with Gasteiger partial charge in [0.2, 0.25) is 5.91 Å². The van der Waals surface area contributed by atoms with Crippen molar-refractivity contribution < 1.29 is 19.5 Å². The first-order chi connectivity index (χ1) is 13.0. The topological polar surface area (TPSA) is 113 Å². The van der Waals surface area contributed by atoms with Crippen LogP contribution in [0.1, 0.15) is 18.4 Å². The summed E-state index contributed by atoms with van der Waals surface area (Å²) in [5, 5.41) is 12.0. The van der Waals surface area contributed by atoms with Gasteiger partial charge in [-0.05, 0) is 36.3 Å². The fourth-order valence-corrected chi connectivity index (χ4v) is 4.93. The van der Waals surface area contributed by atoms with Gasteiger partial charge in [0.25, 0.3) is 5.91 Å². The number of nitrogens with zero attached hydrogens (tertiary/aromatic N) is 1. The lowest BCUT2D eigenvalue weighted by Crippen LogP contribution is -2.71. The van der Waals surface area contributed by atoms with E-state index in [-0.39, 0.29) is 23.4 Å². The zero-order chi connectivity index (χ0) is 19.1. The summed E-state index contributed by atoms with van der Waals surface area (Å²) < 4.78 is 0. The highest BCUT2D eigenvalue weighted by Gasteiger charge is 2.54. The number of rotatable bonds is 6. The molecule has 0 aromatic heterocycles. The first kappa shape index (κ1) is 18.1. The number of nitrogens with two attached hydrogens (primary N) is 1. The van der Waals surface area contributed by atoms with Gasteiger partial charge in [-0.2, -0.15) is 0 Å². The lowest BCUT2D eigenvalue weighted by Gasteiger charge is -2.49. The molecule has 4 rings (SSSR count). The van der Waals surface area contributed by atoms with Crippen LogP contribution in [0, 0.1) is 5.92 Å². The minimum Gasteiger partial charge on any atom is -0.477 e. The van der Waals surface area contributed by atoms with Crippen molar-refractivity contribution in [3.05, 3.63) is 47.2 Å². The number of carboxylic acids is 1. The van der Waals surface area contributed by atoms with Gasteiger partial charge in [-0.25, -0.2) is 4.79 Å². The zero-order valence-corrected chi connectivity index (χ0v) is 15.4. The first-order valence-corrected chi connectivity index (χ1v) is 10.0. The number of amides is 2. The molecule has 1 saturated heterocycles. The van der Waals surface area contributed by atoms with E-state index in [1.54, 1.807) is 0 Å². The third kappa shape index (κ3) is 3.35. The number of β-lactam (4-membered cyclic amide) rings is 1. The number of fused-ring (bicyclic) bond motifs is 1. The Kier molecular flexibility index (Phi) is 4.69. The molecule has 2 heterocycles. The van der Waals surface area contributed by atoms with E-state index in [1.165, 1.54) is 16.7 Å². The second-order valence-electron chi connectivity index (χ2n) is 7.18. The maximum atomic E-state index is 12.6. The Morgan fingerprint density at radius 3 is 2.63 bits per heavy atom. The number of carbonyl (C=O) groups excluding carboxylic acids is 2. The summed E-state index contributed by atoms with van der Waals surface area (Å²) in [6.45, 7) is 0. The van der Waals surface area contributed by atoms with E-state index in [0.717, 1.165) is 18.4 Å². The SMILES string of the molecule is N[C@@H](C(=O)N[C@@H]1C(=O)N2C(C(=O)O)=C(Cc3ccccc3)CS[C@H]12)C1CC1. The summed E-state index contributed by atoms with van der Waals surface area (Å²) in [5.74, 6) is -1.12. The molecule has 1 aromatic rings. The molecule has 0 radical (unpaired) electrons. The van der Waals surface area contributed by atoms with Crippen molar-refractivity contribution in [3.8, 4) is 0 Å². The smallest absolute Gasteiger partial charge is 0.352 e. The minimum absolute atomic E-state index is 0.0459. The largest absolute Gasteiger partial charge is 0.477 e. The van der Waals surface area contributed by atoms with Crippen LogP contribution in [0.15, 0.2) is 41.6 Å². The van der Waals surface area contributed by atoms with E-state index in [2.05, 4.69) is 5.32 Å². The molecule has 2 amide bonds. The number of thioether (sulfide) groups is 1. The number of nitrogens with one attached hydrogen (secondary N) is 1. The van der Waals surface area contributed by atoms with E-state index >= 15 is 0 Å². The summed E-state index contributed by atoms with van der Waals surface area (Å²) in [7, 11) is 0. The summed E-state index contributed by atoms with van der Waals surface area (Å²) >= 11 is 1.48. The zero-order valence-electron chi connectivity index (χ0n) is 14.6. The van der Waals surface area contributed by atoms with Gasteiger partial charge < -0.3 is 16.2 Å².